The Kier molecular flexibility index (Phi) is 2.52. The van der Waals surface area contributed by atoms with Crippen molar-refractivity contribution in [1.82, 2.24) is 4.98 Å². The summed E-state index contributed by atoms with van der Waals surface area (Å²) in [6.45, 7) is 4.10. The first-order chi connectivity index (χ1) is 9.08. The van der Waals surface area contributed by atoms with E-state index in [9.17, 15) is 4.79 Å². The van der Waals surface area contributed by atoms with Crippen LogP contribution in [0.1, 0.15) is 21.5 Å². The molecular weight excluding hydrogens is 238 g/mol. The van der Waals surface area contributed by atoms with Gasteiger partial charge in [-0.3, -0.25) is 4.79 Å². The Hall–Kier alpha value is -2.36. The first kappa shape index (κ1) is 11.7. The molecule has 0 saturated carbocycles. The van der Waals surface area contributed by atoms with Crippen LogP contribution in [0.15, 0.2) is 30.5 Å². The molecule has 1 aliphatic rings. The topological polar surface area (TPSA) is 45.2 Å². The Bertz CT molecular complexity index is 679. The molecule has 2 heterocycles. The van der Waals surface area contributed by atoms with Gasteiger partial charge in [0.25, 0.3) is 5.91 Å². The van der Waals surface area contributed by atoms with Gasteiger partial charge in [0.2, 0.25) is 0 Å². The highest BCUT2D eigenvalue weighted by molar-refractivity contribution is 6.12. The van der Waals surface area contributed by atoms with Gasteiger partial charge in [-0.25, -0.2) is 4.98 Å². The number of rotatable bonds is 0. The molecule has 19 heavy (non-hydrogen) atoms. The monoisotopic (exact) mass is 253 g/mol. The molecule has 4 heteroatoms. The molecule has 3 rings (SSSR count). The zero-order chi connectivity index (χ0) is 13.6. The molecule has 2 aromatic rings. The average Bonchev–Trinajstić information content (AvgIpc) is 2.50. The molecule has 0 unspecified atom stereocenters. The number of carbonyl (C=O) groups is 1. The smallest absolute Gasteiger partial charge is 0.261 e. The van der Waals surface area contributed by atoms with Crippen molar-refractivity contribution < 1.29 is 4.79 Å². The van der Waals surface area contributed by atoms with Crippen molar-refractivity contribution in [2.75, 3.05) is 17.3 Å². The Morgan fingerprint density at radius 2 is 1.95 bits per heavy atom. The minimum Gasteiger partial charge on any atom is -0.338 e. The standard InChI is InChI=1S/C15H15N3O/c1-9-7-12-13(8-10(9)2)18(3)15(19)11-5-4-6-16-14(11)17-12/h4-8H,1-3H3,(H,16,17). The summed E-state index contributed by atoms with van der Waals surface area (Å²) < 4.78 is 0. The summed E-state index contributed by atoms with van der Waals surface area (Å²) in [5.74, 6) is 0.568. The maximum atomic E-state index is 12.4. The lowest BCUT2D eigenvalue weighted by Gasteiger charge is -2.18. The number of hydrogen-bond donors (Lipinski definition) is 1. The van der Waals surface area contributed by atoms with Gasteiger partial charge in [0, 0.05) is 13.2 Å². The summed E-state index contributed by atoms with van der Waals surface area (Å²) >= 11 is 0. The zero-order valence-electron chi connectivity index (χ0n) is 11.2. The summed E-state index contributed by atoms with van der Waals surface area (Å²) in [4.78, 5) is 18.4. The molecule has 1 N–H and O–H groups in total. The van der Waals surface area contributed by atoms with Crippen molar-refractivity contribution in [1.29, 1.82) is 0 Å². The Morgan fingerprint density at radius 3 is 2.74 bits per heavy atom. The Morgan fingerprint density at radius 1 is 1.21 bits per heavy atom. The number of aromatic nitrogens is 1. The highest BCUT2D eigenvalue weighted by Gasteiger charge is 2.24. The van der Waals surface area contributed by atoms with E-state index in [-0.39, 0.29) is 5.91 Å². The normalized spacial score (nSPS) is 13.4. The van der Waals surface area contributed by atoms with Crippen LogP contribution in [-0.2, 0) is 0 Å². The van der Waals surface area contributed by atoms with Crippen molar-refractivity contribution in [3.63, 3.8) is 0 Å². The number of nitrogens with one attached hydrogen (secondary N) is 1. The fraction of sp³-hybridized carbons (Fsp3) is 0.200. The number of hydrogen-bond acceptors (Lipinski definition) is 3. The molecule has 0 aliphatic carbocycles. The highest BCUT2D eigenvalue weighted by atomic mass is 16.2. The second kappa shape index (κ2) is 4.09. The predicted octanol–water partition coefficient (Wildman–Crippen LogP) is 3.03. The average molecular weight is 253 g/mol. The zero-order valence-corrected chi connectivity index (χ0v) is 11.2. The minimum atomic E-state index is -0.0439. The van der Waals surface area contributed by atoms with Crippen LogP contribution >= 0.6 is 0 Å². The number of benzene rings is 1. The lowest BCUT2D eigenvalue weighted by atomic mass is 10.1. The SMILES string of the molecule is Cc1cc2c(cc1C)N(C)C(=O)c1cccnc1N2. The molecule has 96 valence electrons. The van der Waals surface area contributed by atoms with Crippen molar-refractivity contribution in [2.24, 2.45) is 0 Å². The van der Waals surface area contributed by atoms with Gasteiger partial charge in [-0.15, -0.1) is 0 Å². The fourth-order valence-corrected chi connectivity index (χ4v) is 2.27. The summed E-state index contributed by atoms with van der Waals surface area (Å²) in [6, 6.07) is 7.65. The van der Waals surface area contributed by atoms with Crippen LogP contribution < -0.4 is 10.2 Å². The van der Waals surface area contributed by atoms with Gasteiger partial charge in [0.15, 0.2) is 0 Å². The van der Waals surface area contributed by atoms with Crippen LogP contribution in [0.25, 0.3) is 0 Å². The van der Waals surface area contributed by atoms with Gasteiger partial charge in [-0.2, -0.15) is 0 Å². The van der Waals surface area contributed by atoms with E-state index in [1.54, 1.807) is 30.3 Å². The van der Waals surface area contributed by atoms with Crippen molar-refractivity contribution >= 4 is 23.1 Å². The van der Waals surface area contributed by atoms with E-state index in [0.29, 0.717) is 11.4 Å². The molecule has 1 aromatic heterocycles. The van der Waals surface area contributed by atoms with Crippen LogP contribution in [0.4, 0.5) is 17.2 Å². The fourth-order valence-electron chi connectivity index (χ4n) is 2.27. The lowest BCUT2D eigenvalue weighted by molar-refractivity contribution is 0.0994. The summed E-state index contributed by atoms with van der Waals surface area (Å²) in [5, 5.41) is 3.26. The van der Waals surface area contributed by atoms with E-state index < -0.39 is 0 Å². The summed E-state index contributed by atoms with van der Waals surface area (Å²) in [7, 11) is 1.79. The van der Waals surface area contributed by atoms with E-state index in [1.165, 1.54) is 11.1 Å². The van der Waals surface area contributed by atoms with E-state index in [2.05, 4.69) is 23.3 Å². The number of pyridine rings is 1. The van der Waals surface area contributed by atoms with Gasteiger partial charge in [-0.1, -0.05) is 0 Å². The van der Waals surface area contributed by atoms with Gasteiger partial charge in [0.05, 0.1) is 16.9 Å². The van der Waals surface area contributed by atoms with Gasteiger partial charge >= 0.3 is 0 Å². The second-order valence-electron chi connectivity index (χ2n) is 4.84. The molecular formula is C15H15N3O. The van der Waals surface area contributed by atoms with Gasteiger partial charge < -0.3 is 10.2 Å². The molecule has 0 bridgehead atoms. The molecule has 0 saturated heterocycles. The molecule has 4 nitrogen and oxygen atoms in total. The van der Waals surface area contributed by atoms with Crippen LogP contribution in [-0.4, -0.2) is 17.9 Å². The Labute approximate surface area is 112 Å². The highest BCUT2D eigenvalue weighted by Crippen LogP contribution is 2.35. The third-order valence-corrected chi connectivity index (χ3v) is 3.57. The number of fused-ring (bicyclic) bond motifs is 2. The summed E-state index contributed by atoms with van der Waals surface area (Å²) in [6.07, 6.45) is 1.69. The van der Waals surface area contributed by atoms with Crippen LogP contribution in [0.5, 0.6) is 0 Å². The predicted molar refractivity (Wildman–Crippen MR) is 76.2 cm³/mol. The van der Waals surface area contributed by atoms with Gasteiger partial charge in [-0.05, 0) is 49.2 Å². The number of aryl methyl sites for hydroxylation is 2. The van der Waals surface area contributed by atoms with E-state index in [4.69, 9.17) is 0 Å². The minimum absolute atomic E-state index is 0.0439. The van der Waals surface area contributed by atoms with Gasteiger partial charge in [0.1, 0.15) is 5.82 Å². The maximum absolute atomic E-state index is 12.4. The number of nitrogens with zero attached hydrogens (tertiary/aromatic N) is 2. The van der Waals surface area contributed by atoms with Crippen LogP contribution in [0.2, 0.25) is 0 Å². The molecule has 0 radical (unpaired) electrons. The first-order valence-electron chi connectivity index (χ1n) is 6.19. The van der Waals surface area contributed by atoms with E-state index in [0.717, 1.165) is 11.4 Å². The molecule has 1 aromatic carbocycles. The third kappa shape index (κ3) is 1.76. The van der Waals surface area contributed by atoms with E-state index >= 15 is 0 Å². The largest absolute Gasteiger partial charge is 0.338 e. The number of amides is 1. The molecule has 0 spiro atoms. The number of anilines is 3. The van der Waals surface area contributed by atoms with Crippen molar-refractivity contribution in [3.8, 4) is 0 Å². The lowest BCUT2D eigenvalue weighted by Crippen LogP contribution is -2.25. The van der Waals surface area contributed by atoms with Crippen molar-refractivity contribution in [3.05, 3.63) is 47.2 Å². The molecule has 1 aliphatic heterocycles. The van der Waals surface area contributed by atoms with Crippen molar-refractivity contribution in [2.45, 2.75) is 13.8 Å². The number of carbonyl (C=O) groups excluding carboxylic acids is 1. The van der Waals surface area contributed by atoms with E-state index in [1.807, 2.05) is 13.0 Å². The third-order valence-electron chi connectivity index (χ3n) is 3.57. The quantitative estimate of drug-likeness (QED) is 0.785. The first-order valence-corrected chi connectivity index (χ1v) is 6.19. The maximum Gasteiger partial charge on any atom is 0.261 e. The summed E-state index contributed by atoms with van der Waals surface area (Å²) in [5.41, 5.74) is 4.74. The second-order valence-corrected chi connectivity index (χ2v) is 4.84. The molecule has 1 amide bonds. The van der Waals surface area contributed by atoms with Crippen LogP contribution in [0, 0.1) is 13.8 Å². The Balaban J connectivity index is 2.25. The van der Waals surface area contributed by atoms with Crippen LogP contribution in [0.3, 0.4) is 0 Å². The molecule has 0 atom stereocenters. The molecule has 0 fully saturated rings.